The van der Waals surface area contributed by atoms with E-state index in [-0.39, 0.29) is 18.6 Å². The molecule has 10 heteroatoms. The Morgan fingerprint density at radius 1 is 1.19 bits per heavy atom. The van der Waals surface area contributed by atoms with E-state index in [1.165, 1.54) is 5.06 Å². The predicted molar refractivity (Wildman–Crippen MR) is 136 cm³/mol. The van der Waals surface area contributed by atoms with E-state index in [0.29, 0.717) is 17.5 Å². The number of azo groups is 1. The standard InChI is InChI=1S/C26H30ClN5O4/c1-26(2,3)35-25(33)36-32-13-11-17(27)14-20-24(32)19-15-29-31-22(23(19)30-20)16-7-9-18(10-8-16)34-21-6-4-5-12-28-21/h4-6,11-12,14,16,18,30H,7-10,13,15H2,1-3H3/t16-,18-. The molecule has 190 valence electrons. The summed E-state index contributed by atoms with van der Waals surface area (Å²) in [5.74, 6) is 0.900. The smallest absolute Gasteiger partial charge is 0.474 e. The van der Waals surface area contributed by atoms with Gasteiger partial charge in [0.2, 0.25) is 5.88 Å². The monoisotopic (exact) mass is 511 g/mol. The number of nitrogens with zero attached hydrogens (tertiary/aromatic N) is 4. The van der Waals surface area contributed by atoms with Gasteiger partial charge < -0.3 is 19.3 Å². The van der Waals surface area contributed by atoms with Crippen molar-refractivity contribution < 1.29 is 19.1 Å². The number of ether oxygens (including phenoxy) is 2. The minimum absolute atomic E-state index is 0.132. The third-order valence-electron chi connectivity index (χ3n) is 6.31. The fourth-order valence-electron chi connectivity index (χ4n) is 4.77. The van der Waals surface area contributed by atoms with E-state index in [4.69, 9.17) is 25.9 Å². The predicted octanol–water partition coefficient (Wildman–Crippen LogP) is 4.71. The zero-order chi connectivity index (χ0) is 25.3. The molecule has 0 radical (unpaired) electrons. The van der Waals surface area contributed by atoms with Crippen molar-refractivity contribution >= 4 is 35.2 Å². The zero-order valence-electron chi connectivity index (χ0n) is 20.7. The summed E-state index contributed by atoms with van der Waals surface area (Å²) < 4.78 is 11.4. The van der Waals surface area contributed by atoms with Crippen molar-refractivity contribution in [3.8, 4) is 5.88 Å². The Morgan fingerprint density at radius 3 is 2.72 bits per heavy atom. The number of allylic oxidation sites excluding steroid dienone is 1. The molecule has 0 amide bonds. The summed E-state index contributed by atoms with van der Waals surface area (Å²) in [4.78, 5) is 25.9. The van der Waals surface area contributed by atoms with E-state index < -0.39 is 11.8 Å². The van der Waals surface area contributed by atoms with Crippen LogP contribution in [0.5, 0.6) is 5.88 Å². The molecule has 1 fully saturated rings. The molecule has 1 saturated carbocycles. The quantitative estimate of drug-likeness (QED) is 0.596. The summed E-state index contributed by atoms with van der Waals surface area (Å²) in [6.07, 6.45) is 8.39. The van der Waals surface area contributed by atoms with Gasteiger partial charge in [0.05, 0.1) is 29.5 Å². The third-order valence-corrected chi connectivity index (χ3v) is 6.57. The van der Waals surface area contributed by atoms with Crippen LogP contribution in [0.3, 0.4) is 0 Å². The summed E-state index contributed by atoms with van der Waals surface area (Å²) in [5, 5.41) is 12.7. The lowest BCUT2D eigenvalue weighted by Gasteiger charge is -2.29. The van der Waals surface area contributed by atoms with E-state index in [0.717, 1.165) is 53.3 Å². The first kappa shape index (κ1) is 24.4. The van der Waals surface area contributed by atoms with Crippen LogP contribution in [-0.2, 0) is 16.1 Å². The molecule has 2 aromatic rings. The Morgan fingerprint density at radius 2 is 2.00 bits per heavy atom. The fraction of sp³-hybridized carbons (Fsp3) is 0.462. The second-order valence-electron chi connectivity index (χ2n) is 10.1. The number of nitrogens with one attached hydrogen (secondary N) is 1. The first-order valence-corrected chi connectivity index (χ1v) is 12.6. The van der Waals surface area contributed by atoms with Gasteiger partial charge in [0, 0.05) is 28.8 Å². The highest BCUT2D eigenvalue weighted by atomic mass is 35.5. The van der Waals surface area contributed by atoms with Crippen LogP contribution in [0.4, 0.5) is 10.5 Å². The summed E-state index contributed by atoms with van der Waals surface area (Å²) >= 11 is 6.40. The van der Waals surface area contributed by atoms with Crippen molar-refractivity contribution in [3.05, 3.63) is 51.8 Å². The highest BCUT2D eigenvalue weighted by molar-refractivity contribution is 6.34. The van der Waals surface area contributed by atoms with Crippen LogP contribution in [0.1, 0.15) is 52.0 Å². The van der Waals surface area contributed by atoms with Crippen LogP contribution < -0.4 is 20.5 Å². The Hall–Kier alpha value is -3.33. The summed E-state index contributed by atoms with van der Waals surface area (Å²) in [7, 11) is 0. The number of pyridine rings is 1. The van der Waals surface area contributed by atoms with E-state index >= 15 is 0 Å². The lowest BCUT2D eigenvalue weighted by Crippen LogP contribution is -2.34. The van der Waals surface area contributed by atoms with Gasteiger partial charge in [0.1, 0.15) is 17.4 Å². The zero-order valence-corrected chi connectivity index (χ0v) is 21.4. The number of halogens is 1. The largest absolute Gasteiger partial charge is 0.533 e. The molecule has 0 unspecified atom stereocenters. The first-order chi connectivity index (χ1) is 17.3. The number of hydrogen-bond donors (Lipinski definition) is 1. The first-order valence-electron chi connectivity index (χ1n) is 12.2. The number of hydroxylamine groups is 1. The van der Waals surface area contributed by atoms with Crippen molar-refractivity contribution in [2.75, 3.05) is 11.6 Å². The lowest BCUT2D eigenvalue weighted by molar-refractivity contribution is -0.0116. The van der Waals surface area contributed by atoms with Crippen LogP contribution in [-0.4, -0.2) is 34.4 Å². The number of hydrogen-bond acceptors (Lipinski definition) is 8. The number of carbonyl (C=O) groups is 1. The topological polar surface area (TPSA) is 101 Å². The van der Waals surface area contributed by atoms with Crippen LogP contribution in [0.2, 0.25) is 0 Å². The highest BCUT2D eigenvalue weighted by Crippen LogP contribution is 2.34. The average Bonchev–Trinajstić information content (AvgIpc) is 3.12. The molecule has 2 aliphatic heterocycles. The van der Waals surface area contributed by atoms with Crippen LogP contribution in [0.15, 0.2) is 45.7 Å². The molecule has 0 spiro atoms. The van der Waals surface area contributed by atoms with Crippen LogP contribution in [0.25, 0.3) is 11.8 Å². The minimum Gasteiger partial charge on any atom is -0.474 e. The SMILES string of the molecule is CC(C)(C)OC(=O)ON1CC=C(Cl)C=c2[nH]c3c(c21)CN=NC=3[C@H]1CC[C@H](Oc2ccccn2)CC1. The minimum atomic E-state index is -0.775. The van der Waals surface area contributed by atoms with Gasteiger partial charge in [-0.15, -0.1) is 0 Å². The molecule has 4 heterocycles. The van der Waals surface area contributed by atoms with Crippen molar-refractivity contribution in [1.29, 1.82) is 0 Å². The second kappa shape index (κ2) is 9.97. The van der Waals surface area contributed by atoms with E-state index in [1.807, 2.05) is 24.3 Å². The average molecular weight is 512 g/mol. The highest BCUT2D eigenvalue weighted by Gasteiger charge is 2.31. The van der Waals surface area contributed by atoms with E-state index in [2.05, 4.69) is 20.2 Å². The maximum atomic E-state index is 12.5. The van der Waals surface area contributed by atoms with E-state index in [1.54, 1.807) is 33.0 Å². The fourth-order valence-corrected chi connectivity index (χ4v) is 4.95. The van der Waals surface area contributed by atoms with Crippen molar-refractivity contribution in [2.45, 2.75) is 64.7 Å². The van der Waals surface area contributed by atoms with Gasteiger partial charge in [0.25, 0.3) is 0 Å². The molecule has 36 heavy (non-hydrogen) atoms. The molecule has 0 atom stereocenters. The van der Waals surface area contributed by atoms with Crippen LogP contribution >= 0.6 is 11.6 Å². The molecule has 2 aromatic heterocycles. The Bertz CT molecular complexity index is 1300. The lowest BCUT2D eigenvalue weighted by atomic mass is 9.84. The van der Waals surface area contributed by atoms with Gasteiger partial charge >= 0.3 is 6.16 Å². The number of aromatic amines is 1. The number of H-pyrrole nitrogens is 1. The number of aromatic nitrogens is 2. The van der Waals surface area contributed by atoms with Crippen LogP contribution in [0, 0.1) is 5.92 Å². The van der Waals surface area contributed by atoms with Gasteiger partial charge in [-0.2, -0.15) is 15.3 Å². The normalized spacial score (nSPS) is 21.5. The summed E-state index contributed by atoms with van der Waals surface area (Å²) in [6.45, 7) is 6.05. The maximum absolute atomic E-state index is 12.5. The number of rotatable bonds is 4. The van der Waals surface area contributed by atoms with Gasteiger partial charge in [-0.05, 0) is 64.7 Å². The number of fused-ring (bicyclic) bond motifs is 3. The summed E-state index contributed by atoms with van der Waals surface area (Å²) in [6, 6.07) is 5.69. The third kappa shape index (κ3) is 5.41. The molecule has 0 bridgehead atoms. The van der Waals surface area contributed by atoms with Crippen molar-refractivity contribution in [3.63, 3.8) is 0 Å². The van der Waals surface area contributed by atoms with Crippen molar-refractivity contribution in [1.82, 2.24) is 9.97 Å². The van der Waals surface area contributed by atoms with E-state index in [9.17, 15) is 4.79 Å². The number of carbonyl (C=O) groups excluding carboxylic acids is 1. The molecule has 3 aliphatic rings. The summed E-state index contributed by atoms with van der Waals surface area (Å²) in [5.41, 5.74) is 1.91. The second-order valence-corrected chi connectivity index (χ2v) is 10.6. The Labute approximate surface area is 214 Å². The van der Waals surface area contributed by atoms with Crippen molar-refractivity contribution in [2.24, 2.45) is 16.1 Å². The molecule has 1 aliphatic carbocycles. The molecular weight excluding hydrogens is 482 g/mol. The van der Waals surface area contributed by atoms with Gasteiger partial charge in [-0.3, -0.25) is 0 Å². The molecule has 1 N–H and O–H groups in total. The maximum Gasteiger partial charge on any atom is 0.533 e. The van der Waals surface area contributed by atoms with Gasteiger partial charge in [-0.1, -0.05) is 17.7 Å². The Balaban J connectivity index is 1.41. The molecule has 9 nitrogen and oxygen atoms in total. The molecule has 5 rings (SSSR count). The van der Waals surface area contributed by atoms with Gasteiger partial charge in [0.15, 0.2) is 0 Å². The molecular formula is C26H30ClN5O4. The molecule has 0 saturated heterocycles. The van der Waals surface area contributed by atoms with Gasteiger partial charge in [-0.25, -0.2) is 9.78 Å². The molecule has 0 aromatic carbocycles. The Kier molecular flexibility index (Phi) is 6.75. The number of anilines is 1.